The summed E-state index contributed by atoms with van der Waals surface area (Å²) in [5.41, 5.74) is 3.90. The summed E-state index contributed by atoms with van der Waals surface area (Å²) in [6.45, 7) is 7.28. The van der Waals surface area contributed by atoms with Gasteiger partial charge in [0, 0.05) is 31.9 Å². The minimum Gasteiger partial charge on any atom is -0.374 e. The Morgan fingerprint density at radius 2 is 1.85 bits per heavy atom. The monoisotopic (exact) mass is 358 g/mol. The molecule has 3 rings (SSSR count). The largest absolute Gasteiger partial charge is 0.374 e. The Labute approximate surface area is 155 Å². The average molecular weight is 358 g/mol. The minimum absolute atomic E-state index is 0.0451. The highest BCUT2D eigenvalue weighted by Gasteiger charge is 2.27. The first kappa shape index (κ1) is 18.7. The van der Waals surface area contributed by atoms with Crippen molar-refractivity contribution in [2.24, 2.45) is 0 Å². The number of nitrogens with zero attached hydrogens (tertiary/aromatic N) is 2. The fourth-order valence-electron chi connectivity index (χ4n) is 3.90. The second-order valence-corrected chi connectivity index (χ2v) is 7.66. The molecule has 1 atom stereocenters. The van der Waals surface area contributed by atoms with E-state index < -0.39 is 11.8 Å². The molecule has 6 heteroatoms. The number of anilines is 1. The summed E-state index contributed by atoms with van der Waals surface area (Å²) in [6, 6.07) is 6.71. The van der Waals surface area contributed by atoms with Gasteiger partial charge in [-0.3, -0.25) is 14.5 Å². The maximum Gasteiger partial charge on any atom is 0.309 e. The van der Waals surface area contributed by atoms with E-state index in [1.54, 1.807) is 0 Å². The fraction of sp³-hybridized carbons (Fsp3) is 0.600. The van der Waals surface area contributed by atoms with Gasteiger partial charge in [0.05, 0.1) is 6.04 Å². The van der Waals surface area contributed by atoms with E-state index in [-0.39, 0.29) is 12.1 Å². The Kier molecular flexibility index (Phi) is 5.81. The molecule has 2 N–H and O–H groups in total. The molecule has 0 spiro atoms. The van der Waals surface area contributed by atoms with Gasteiger partial charge in [0.1, 0.15) is 0 Å². The first-order valence-corrected chi connectivity index (χ1v) is 9.62. The number of amides is 2. The van der Waals surface area contributed by atoms with Crippen molar-refractivity contribution in [3.63, 3.8) is 0 Å². The number of carbonyl (C=O) groups is 2. The molecule has 1 aromatic rings. The summed E-state index contributed by atoms with van der Waals surface area (Å²) >= 11 is 0. The Bertz CT molecular complexity index is 668. The van der Waals surface area contributed by atoms with Crippen LogP contribution in [-0.4, -0.2) is 56.0 Å². The maximum atomic E-state index is 12.1. The molecule has 0 aromatic heterocycles. The Morgan fingerprint density at radius 1 is 1.12 bits per heavy atom. The summed E-state index contributed by atoms with van der Waals surface area (Å²) in [4.78, 5) is 28.7. The quantitative estimate of drug-likeness (QED) is 0.782. The van der Waals surface area contributed by atoms with Crippen LogP contribution in [0.25, 0.3) is 0 Å². The minimum atomic E-state index is -0.559. The molecule has 142 valence electrons. The molecular formula is C20H30N4O2. The van der Waals surface area contributed by atoms with Crippen molar-refractivity contribution in [2.75, 3.05) is 38.1 Å². The van der Waals surface area contributed by atoms with Crippen molar-refractivity contribution in [3.05, 3.63) is 29.3 Å². The van der Waals surface area contributed by atoms with Gasteiger partial charge in [-0.15, -0.1) is 0 Å². The van der Waals surface area contributed by atoms with Crippen LogP contribution in [0.3, 0.4) is 0 Å². The van der Waals surface area contributed by atoms with Crippen molar-refractivity contribution in [1.29, 1.82) is 0 Å². The third-order valence-electron chi connectivity index (χ3n) is 5.28. The van der Waals surface area contributed by atoms with Gasteiger partial charge in [-0.1, -0.05) is 12.1 Å². The number of carbonyl (C=O) groups excluding carboxylic acids is 2. The van der Waals surface area contributed by atoms with Crippen LogP contribution in [0.5, 0.6) is 0 Å². The molecule has 2 heterocycles. The Balaban J connectivity index is 1.72. The molecule has 2 aliphatic rings. The summed E-state index contributed by atoms with van der Waals surface area (Å²) < 4.78 is 0. The Hall–Kier alpha value is -2.08. The number of nitrogens with one attached hydrogen (secondary N) is 2. The fourth-order valence-corrected chi connectivity index (χ4v) is 3.90. The molecule has 0 bridgehead atoms. The van der Waals surface area contributed by atoms with E-state index in [1.165, 1.54) is 29.7 Å². The molecule has 6 nitrogen and oxygen atoms in total. The van der Waals surface area contributed by atoms with E-state index in [2.05, 4.69) is 45.7 Å². The first-order valence-electron chi connectivity index (χ1n) is 9.62. The van der Waals surface area contributed by atoms with Gasteiger partial charge < -0.3 is 15.5 Å². The molecule has 0 aliphatic carbocycles. The molecule has 1 aromatic carbocycles. The maximum absolute atomic E-state index is 12.1. The van der Waals surface area contributed by atoms with Crippen molar-refractivity contribution in [2.45, 2.75) is 45.2 Å². The summed E-state index contributed by atoms with van der Waals surface area (Å²) in [5, 5.41) is 5.48. The molecule has 26 heavy (non-hydrogen) atoms. The molecule has 2 amide bonds. The highest BCUT2D eigenvalue weighted by atomic mass is 16.2. The van der Waals surface area contributed by atoms with Gasteiger partial charge in [-0.2, -0.15) is 0 Å². The smallest absolute Gasteiger partial charge is 0.309 e. The highest BCUT2D eigenvalue weighted by molar-refractivity contribution is 6.35. The van der Waals surface area contributed by atoms with Crippen LogP contribution in [0.4, 0.5) is 5.69 Å². The molecule has 1 saturated heterocycles. The molecule has 0 saturated carbocycles. The summed E-state index contributed by atoms with van der Waals surface area (Å²) in [6.07, 6.45) is 3.44. The predicted octanol–water partition coefficient (Wildman–Crippen LogP) is 1.46. The zero-order chi connectivity index (χ0) is 18.7. The SMILES string of the molecule is CC(C)NC(=O)C(=O)NC[C@@H](c1ccc2c(c1)CCN2C)N1CCCC1. The third-order valence-corrected chi connectivity index (χ3v) is 5.28. The molecule has 2 aliphatic heterocycles. The van der Waals surface area contributed by atoms with Gasteiger partial charge in [-0.25, -0.2) is 0 Å². The lowest BCUT2D eigenvalue weighted by Crippen LogP contribution is -2.45. The molecular weight excluding hydrogens is 328 g/mol. The van der Waals surface area contributed by atoms with E-state index in [0.29, 0.717) is 6.54 Å². The number of benzene rings is 1. The standard InChI is InChI=1S/C20H30N4O2/c1-14(2)22-20(26)19(25)21-13-18(24-9-4-5-10-24)15-6-7-17-16(12-15)8-11-23(17)3/h6-7,12,14,18H,4-5,8-11,13H2,1-3H3,(H,21,25)(H,22,26)/t18-/m0/s1. The average Bonchev–Trinajstić information content (AvgIpc) is 3.25. The third kappa shape index (κ3) is 4.18. The second kappa shape index (κ2) is 8.08. The van der Waals surface area contributed by atoms with Crippen LogP contribution in [-0.2, 0) is 16.0 Å². The van der Waals surface area contributed by atoms with Gasteiger partial charge in [0.25, 0.3) is 0 Å². The van der Waals surface area contributed by atoms with E-state index in [4.69, 9.17) is 0 Å². The van der Waals surface area contributed by atoms with Gasteiger partial charge in [0.2, 0.25) is 0 Å². The van der Waals surface area contributed by atoms with Crippen LogP contribution < -0.4 is 15.5 Å². The van der Waals surface area contributed by atoms with E-state index in [1.807, 2.05) is 13.8 Å². The second-order valence-electron chi connectivity index (χ2n) is 7.66. The van der Waals surface area contributed by atoms with Gasteiger partial charge in [-0.05, 0) is 63.4 Å². The van der Waals surface area contributed by atoms with Gasteiger partial charge in [0.15, 0.2) is 0 Å². The number of likely N-dealkylation sites (N-methyl/N-ethyl adjacent to an activating group) is 1. The number of fused-ring (bicyclic) bond motifs is 1. The van der Waals surface area contributed by atoms with Gasteiger partial charge >= 0.3 is 11.8 Å². The number of hydrogen-bond donors (Lipinski definition) is 2. The number of rotatable bonds is 5. The summed E-state index contributed by atoms with van der Waals surface area (Å²) in [7, 11) is 2.12. The Morgan fingerprint density at radius 3 is 2.54 bits per heavy atom. The molecule has 0 unspecified atom stereocenters. The zero-order valence-electron chi connectivity index (χ0n) is 16.0. The predicted molar refractivity (Wildman–Crippen MR) is 103 cm³/mol. The van der Waals surface area contributed by atoms with Crippen molar-refractivity contribution in [3.8, 4) is 0 Å². The normalized spacial score (nSPS) is 18.1. The van der Waals surface area contributed by atoms with Crippen LogP contribution in [0, 0.1) is 0 Å². The topological polar surface area (TPSA) is 64.7 Å². The van der Waals surface area contributed by atoms with E-state index >= 15 is 0 Å². The van der Waals surface area contributed by atoms with Crippen molar-refractivity contribution >= 4 is 17.5 Å². The summed E-state index contributed by atoms with van der Waals surface area (Å²) in [5.74, 6) is -1.11. The zero-order valence-corrected chi connectivity index (χ0v) is 16.0. The lowest BCUT2D eigenvalue weighted by atomic mass is 10.0. The molecule has 0 radical (unpaired) electrons. The first-order chi connectivity index (χ1) is 12.5. The van der Waals surface area contributed by atoms with Crippen LogP contribution >= 0.6 is 0 Å². The number of hydrogen-bond acceptors (Lipinski definition) is 4. The number of likely N-dealkylation sites (tertiary alicyclic amines) is 1. The lowest BCUT2D eigenvalue weighted by Gasteiger charge is -2.28. The lowest BCUT2D eigenvalue weighted by molar-refractivity contribution is -0.139. The van der Waals surface area contributed by atoms with Crippen molar-refractivity contribution in [1.82, 2.24) is 15.5 Å². The van der Waals surface area contributed by atoms with E-state index in [9.17, 15) is 9.59 Å². The molecule has 1 fully saturated rings. The van der Waals surface area contributed by atoms with Crippen molar-refractivity contribution < 1.29 is 9.59 Å². The van der Waals surface area contributed by atoms with E-state index in [0.717, 1.165) is 26.1 Å². The van der Waals surface area contributed by atoms with Crippen LogP contribution in [0.15, 0.2) is 18.2 Å². The highest BCUT2D eigenvalue weighted by Crippen LogP contribution is 2.32. The van der Waals surface area contributed by atoms with Crippen LogP contribution in [0.2, 0.25) is 0 Å². The van der Waals surface area contributed by atoms with Crippen LogP contribution in [0.1, 0.15) is 43.9 Å².